The molecule has 0 radical (unpaired) electrons. The highest BCUT2D eigenvalue weighted by atomic mass is 32.1. The minimum atomic E-state index is 0.0251. The van der Waals surface area contributed by atoms with E-state index in [1.807, 2.05) is 11.4 Å². The highest BCUT2D eigenvalue weighted by molar-refractivity contribution is 7.12. The average molecular weight is 289 g/mol. The van der Waals surface area contributed by atoms with E-state index >= 15 is 0 Å². The van der Waals surface area contributed by atoms with Gasteiger partial charge in [-0.15, -0.1) is 11.3 Å². The molecule has 2 aliphatic rings. The molecule has 0 aromatic carbocycles. The van der Waals surface area contributed by atoms with E-state index in [1.54, 1.807) is 0 Å². The number of carbonyl (C=O) groups excluding carboxylic acids is 1. The second kappa shape index (κ2) is 5.99. The Balaban J connectivity index is 1.67. The van der Waals surface area contributed by atoms with Crippen LogP contribution in [0.15, 0.2) is 11.4 Å². The van der Waals surface area contributed by atoms with E-state index in [2.05, 4.69) is 17.2 Å². The number of nitrogens with one attached hydrogen (secondary N) is 1. The fourth-order valence-electron chi connectivity index (χ4n) is 2.55. The van der Waals surface area contributed by atoms with Crippen LogP contribution in [0.25, 0.3) is 0 Å². The van der Waals surface area contributed by atoms with Crippen molar-refractivity contribution in [2.24, 2.45) is 11.8 Å². The molecular weight excluding hydrogens is 270 g/mol. The predicted octanol–water partition coefficient (Wildman–Crippen LogP) is 2.40. The molecule has 1 amide bonds. The maximum atomic E-state index is 12.4. The van der Waals surface area contributed by atoms with Gasteiger partial charge in [-0.3, -0.25) is 4.79 Å². The molecule has 0 bridgehead atoms. The molecule has 2 N–H and O–H groups in total. The average Bonchev–Trinajstić information content (AvgIpc) is 3.35. The summed E-state index contributed by atoms with van der Waals surface area (Å²) in [5.74, 6) is 7.29. The van der Waals surface area contributed by atoms with E-state index < -0.39 is 0 Å². The molecule has 0 spiro atoms. The van der Waals surface area contributed by atoms with Crippen molar-refractivity contribution < 1.29 is 9.90 Å². The second-order valence-electron chi connectivity index (χ2n) is 5.61. The van der Waals surface area contributed by atoms with Crippen LogP contribution in [0.5, 0.6) is 0 Å². The zero-order chi connectivity index (χ0) is 13.9. The van der Waals surface area contributed by atoms with Crippen molar-refractivity contribution in [1.29, 1.82) is 0 Å². The topological polar surface area (TPSA) is 49.3 Å². The zero-order valence-corrected chi connectivity index (χ0v) is 12.2. The lowest BCUT2D eigenvalue weighted by atomic mass is 10.1. The summed E-state index contributed by atoms with van der Waals surface area (Å²) >= 11 is 1.44. The summed E-state index contributed by atoms with van der Waals surface area (Å²) < 4.78 is 0. The van der Waals surface area contributed by atoms with Crippen molar-refractivity contribution in [3.63, 3.8) is 0 Å². The van der Waals surface area contributed by atoms with Crippen LogP contribution in [-0.4, -0.2) is 23.7 Å². The summed E-state index contributed by atoms with van der Waals surface area (Å²) in [5, 5.41) is 13.9. The smallest absolute Gasteiger partial charge is 0.262 e. The van der Waals surface area contributed by atoms with E-state index in [4.69, 9.17) is 5.11 Å². The predicted molar refractivity (Wildman–Crippen MR) is 79.6 cm³/mol. The molecule has 1 aromatic heterocycles. The summed E-state index contributed by atoms with van der Waals surface area (Å²) in [6.45, 7) is 0.0596. The monoisotopic (exact) mass is 289 g/mol. The van der Waals surface area contributed by atoms with E-state index in [9.17, 15) is 4.79 Å². The van der Waals surface area contributed by atoms with Crippen molar-refractivity contribution in [1.82, 2.24) is 5.32 Å². The van der Waals surface area contributed by atoms with Crippen molar-refractivity contribution in [3.05, 3.63) is 21.9 Å². The SMILES string of the molecule is O=C(NC(C1CC1)C1CC1)c1sccc1C#CCCO. The Bertz CT molecular complexity index is 534. The number of amides is 1. The van der Waals surface area contributed by atoms with Crippen LogP contribution >= 0.6 is 11.3 Å². The number of thiophene rings is 1. The molecule has 3 nitrogen and oxygen atoms in total. The molecule has 0 atom stereocenters. The van der Waals surface area contributed by atoms with Crippen LogP contribution in [0.2, 0.25) is 0 Å². The van der Waals surface area contributed by atoms with Gasteiger partial charge in [0, 0.05) is 18.0 Å². The van der Waals surface area contributed by atoms with Gasteiger partial charge in [0.05, 0.1) is 6.61 Å². The van der Waals surface area contributed by atoms with Crippen LogP contribution in [-0.2, 0) is 0 Å². The first-order valence-corrected chi connectivity index (χ1v) is 8.15. The minimum absolute atomic E-state index is 0.0251. The van der Waals surface area contributed by atoms with Gasteiger partial charge in [-0.25, -0.2) is 0 Å². The molecule has 2 aliphatic carbocycles. The van der Waals surface area contributed by atoms with Gasteiger partial charge in [0.25, 0.3) is 5.91 Å². The third-order valence-corrected chi connectivity index (χ3v) is 4.80. The van der Waals surface area contributed by atoms with Gasteiger partial charge in [-0.2, -0.15) is 0 Å². The Hall–Kier alpha value is -1.31. The highest BCUT2D eigenvalue weighted by Gasteiger charge is 2.42. The normalized spacial score (nSPS) is 17.7. The van der Waals surface area contributed by atoms with Crippen LogP contribution in [0.1, 0.15) is 47.3 Å². The number of hydrogen-bond acceptors (Lipinski definition) is 3. The summed E-state index contributed by atoms with van der Waals surface area (Å²) in [6.07, 6.45) is 5.48. The molecule has 4 heteroatoms. The number of aliphatic hydroxyl groups excluding tert-OH is 1. The number of carbonyl (C=O) groups is 1. The van der Waals surface area contributed by atoms with Crippen molar-refractivity contribution >= 4 is 17.2 Å². The Kier molecular flexibility index (Phi) is 4.09. The second-order valence-corrected chi connectivity index (χ2v) is 6.53. The fraction of sp³-hybridized carbons (Fsp3) is 0.562. The third-order valence-electron chi connectivity index (χ3n) is 3.89. The molecule has 2 fully saturated rings. The molecule has 3 rings (SSSR count). The molecule has 106 valence electrons. The number of hydrogen-bond donors (Lipinski definition) is 2. The Morgan fingerprint density at radius 2 is 2.10 bits per heavy atom. The third kappa shape index (κ3) is 3.23. The largest absolute Gasteiger partial charge is 0.395 e. The van der Waals surface area contributed by atoms with Crippen molar-refractivity contribution in [2.45, 2.75) is 38.1 Å². The first kappa shape index (κ1) is 13.7. The molecule has 0 saturated heterocycles. The quantitative estimate of drug-likeness (QED) is 0.818. The molecule has 0 aliphatic heterocycles. The summed E-state index contributed by atoms with van der Waals surface area (Å²) in [5.41, 5.74) is 0.784. The standard InChI is InChI=1S/C16H19NO2S/c18-9-2-1-3-13-8-10-20-15(13)16(19)17-14(11-4-5-11)12-6-7-12/h8,10-12,14,18H,2,4-7,9H2,(H,17,19). The van der Waals surface area contributed by atoms with E-state index in [0.717, 1.165) is 5.56 Å². The first-order valence-electron chi connectivity index (χ1n) is 7.27. The lowest BCUT2D eigenvalue weighted by Gasteiger charge is -2.17. The van der Waals surface area contributed by atoms with Gasteiger partial charge in [0.1, 0.15) is 4.88 Å². The molecule has 2 saturated carbocycles. The lowest BCUT2D eigenvalue weighted by Crippen LogP contribution is -2.38. The van der Waals surface area contributed by atoms with Gasteiger partial charge in [0.2, 0.25) is 0 Å². The Labute approximate surface area is 123 Å². The van der Waals surface area contributed by atoms with Gasteiger partial charge in [0.15, 0.2) is 0 Å². The Morgan fingerprint density at radius 1 is 1.40 bits per heavy atom. The van der Waals surface area contributed by atoms with Gasteiger partial charge < -0.3 is 10.4 Å². The van der Waals surface area contributed by atoms with Gasteiger partial charge in [-0.05, 0) is 49.0 Å². The van der Waals surface area contributed by atoms with Crippen LogP contribution in [0.4, 0.5) is 0 Å². The fourth-order valence-corrected chi connectivity index (χ4v) is 3.30. The lowest BCUT2D eigenvalue weighted by molar-refractivity contribution is 0.0930. The first-order chi connectivity index (χ1) is 9.79. The maximum absolute atomic E-state index is 12.4. The Morgan fingerprint density at radius 3 is 2.70 bits per heavy atom. The summed E-state index contributed by atoms with van der Waals surface area (Å²) in [4.78, 5) is 13.1. The highest BCUT2D eigenvalue weighted by Crippen LogP contribution is 2.44. The molecule has 1 aromatic rings. The van der Waals surface area contributed by atoms with Crippen LogP contribution in [0.3, 0.4) is 0 Å². The summed E-state index contributed by atoms with van der Waals surface area (Å²) in [7, 11) is 0. The van der Waals surface area contributed by atoms with Gasteiger partial charge >= 0.3 is 0 Å². The van der Waals surface area contributed by atoms with Gasteiger partial charge in [-0.1, -0.05) is 11.8 Å². The maximum Gasteiger partial charge on any atom is 0.262 e. The van der Waals surface area contributed by atoms with Crippen LogP contribution < -0.4 is 5.32 Å². The zero-order valence-electron chi connectivity index (χ0n) is 11.4. The molecule has 20 heavy (non-hydrogen) atoms. The van der Waals surface area contributed by atoms with E-state index in [1.165, 1.54) is 37.0 Å². The van der Waals surface area contributed by atoms with Crippen LogP contribution in [0, 0.1) is 23.7 Å². The number of rotatable bonds is 5. The van der Waals surface area contributed by atoms with Crippen molar-refractivity contribution in [3.8, 4) is 11.8 Å². The summed E-state index contributed by atoms with van der Waals surface area (Å²) in [6, 6.07) is 2.26. The minimum Gasteiger partial charge on any atom is -0.395 e. The number of aliphatic hydroxyl groups is 1. The molecule has 1 heterocycles. The molecular formula is C16H19NO2S. The van der Waals surface area contributed by atoms with E-state index in [-0.39, 0.29) is 12.5 Å². The van der Waals surface area contributed by atoms with Crippen molar-refractivity contribution in [2.75, 3.05) is 6.61 Å². The van der Waals surface area contributed by atoms with E-state index in [0.29, 0.717) is 29.2 Å². The molecule has 0 unspecified atom stereocenters.